The largest absolute Gasteiger partial charge is 0.384 e. The van der Waals surface area contributed by atoms with Gasteiger partial charge in [0.05, 0.1) is 6.61 Å². The molecule has 1 aliphatic rings. The molecular formula is C13H17BrOS. The van der Waals surface area contributed by atoms with Crippen LogP contribution >= 0.6 is 27.7 Å². The third-order valence-corrected chi connectivity index (χ3v) is 4.82. The molecule has 0 spiro atoms. The Labute approximate surface area is 110 Å². The van der Waals surface area contributed by atoms with Crippen molar-refractivity contribution in [1.29, 1.82) is 0 Å². The molecule has 0 N–H and O–H groups in total. The fourth-order valence-corrected chi connectivity index (χ4v) is 4.06. The Bertz CT molecular complexity index is 380. The summed E-state index contributed by atoms with van der Waals surface area (Å²) >= 11 is 5.51. The number of ether oxygens (including phenoxy) is 1. The van der Waals surface area contributed by atoms with E-state index in [2.05, 4.69) is 41.1 Å². The Hall–Kier alpha value is 0.01000. The fourth-order valence-electron chi connectivity index (χ4n) is 2.36. The van der Waals surface area contributed by atoms with E-state index in [1.54, 1.807) is 7.11 Å². The van der Waals surface area contributed by atoms with Gasteiger partial charge in [-0.3, -0.25) is 0 Å². The number of hydrogen-bond acceptors (Lipinski definition) is 2. The molecule has 1 nitrogen and oxygen atoms in total. The highest BCUT2D eigenvalue weighted by atomic mass is 79.9. The minimum Gasteiger partial charge on any atom is -0.384 e. The number of hydrogen-bond donors (Lipinski definition) is 0. The van der Waals surface area contributed by atoms with Crippen molar-refractivity contribution in [2.45, 2.75) is 30.1 Å². The Morgan fingerprint density at radius 2 is 2.31 bits per heavy atom. The van der Waals surface area contributed by atoms with E-state index in [0.717, 1.165) is 6.61 Å². The van der Waals surface area contributed by atoms with Crippen LogP contribution in [0.25, 0.3) is 0 Å². The highest BCUT2D eigenvalue weighted by Gasteiger charge is 2.30. The number of benzene rings is 1. The lowest BCUT2D eigenvalue weighted by molar-refractivity contribution is 0.131. The zero-order valence-corrected chi connectivity index (χ0v) is 12.2. The Morgan fingerprint density at radius 3 is 3.06 bits per heavy atom. The summed E-state index contributed by atoms with van der Waals surface area (Å²) in [7, 11) is 1.79. The van der Waals surface area contributed by atoms with E-state index in [0.29, 0.717) is 0 Å². The second kappa shape index (κ2) is 5.11. The van der Waals surface area contributed by atoms with E-state index in [-0.39, 0.29) is 5.41 Å². The van der Waals surface area contributed by atoms with Crippen molar-refractivity contribution in [1.82, 2.24) is 0 Å². The first-order valence-electron chi connectivity index (χ1n) is 5.57. The summed E-state index contributed by atoms with van der Waals surface area (Å²) < 4.78 is 6.57. The van der Waals surface area contributed by atoms with Crippen molar-refractivity contribution >= 4 is 27.7 Å². The van der Waals surface area contributed by atoms with Gasteiger partial charge in [-0.2, -0.15) is 0 Å². The zero-order chi connectivity index (χ0) is 11.6. The summed E-state index contributed by atoms with van der Waals surface area (Å²) in [5.41, 5.74) is 1.62. The minimum absolute atomic E-state index is 0.175. The summed E-state index contributed by atoms with van der Waals surface area (Å²) in [5, 5.41) is 0. The molecule has 3 heteroatoms. The number of methoxy groups -OCH3 is 1. The van der Waals surface area contributed by atoms with Gasteiger partial charge < -0.3 is 4.74 Å². The first-order chi connectivity index (χ1) is 7.65. The zero-order valence-electron chi connectivity index (χ0n) is 9.75. The van der Waals surface area contributed by atoms with E-state index < -0.39 is 0 Å². The molecule has 1 aromatic carbocycles. The Balaban J connectivity index is 2.44. The van der Waals surface area contributed by atoms with Gasteiger partial charge in [0.15, 0.2) is 0 Å². The topological polar surface area (TPSA) is 9.23 Å². The maximum atomic E-state index is 5.41. The normalized spacial score (nSPS) is 24.9. The Morgan fingerprint density at radius 1 is 1.50 bits per heavy atom. The van der Waals surface area contributed by atoms with Crippen molar-refractivity contribution in [2.75, 3.05) is 19.5 Å². The van der Waals surface area contributed by atoms with Crippen molar-refractivity contribution in [3.63, 3.8) is 0 Å². The van der Waals surface area contributed by atoms with Gasteiger partial charge in [0.1, 0.15) is 0 Å². The monoisotopic (exact) mass is 300 g/mol. The van der Waals surface area contributed by atoms with Crippen molar-refractivity contribution in [3.05, 3.63) is 28.2 Å². The molecule has 0 bridgehead atoms. The quantitative estimate of drug-likeness (QED) is 0.808. The maximum Gasteiger partial charge on any atom is 0.0556 e. The molecular weight excluding hydrogens is 284 g/mol. The van der Waals surface area contributed by atoms with Crippen LogP contribution < -0.4 is 0 Å². The highest BCUT2D eigenvalue weighted by molar-refractivity contribution is 9.10. The van der Waals surface area contributed by atoms with E-state index in [1.807, 2.05) is 11.8 Å². The fraction of sp³-hybridized carbons (Fsp3) is 0.538. The smallest absolute Gasteiger partial charge is 0.0556 e. The molecule has 1 aromatic rings. The molecule has 0 amide bonds. The summed E-state index contributed by atoms with van der Waals surface area (Å²) in [6, 6.07) is 6.62. The van der Waals surface area contributed by atoms with Crippen molar-refractivity contribution in [3.8, 4) is 0 Å². The van der Waals surface area contributed by atoms with Gasteiger partial charge in [0.25, 0.3) is 0 Å². The van der Waals surface area contributed by atoms with Crippen LogP contribution in [0.1, 0.15) is 25.3 Å². The average molecular weight is 301 g/mol. The van der Waals surface area contributed by atoms with Crippen LogP contribution in [0, 0.1) is 0 Å². The number of halogens is 1. The molecule has 88 valence electrons. The van der Waals surface area contributed by atoms with Crippen molar-refractivity contribution in [2.24, 2.45) is 0 Å². The van der Waals surface area contributed by atoms with Crippen LogP contribution in [0.4, 0.5) is 0 Å². The second-order valence-corrected chi connectivity index (χ2v) is 6.64. The van der Waals surface area contributed by atoms with Crippen LogP contribution in [0.3, 0.4) is 0 Å². The van der Waals surface area contributed by atoms with E-state index in [9.17, 15) is 0 Å². The molecule has 1 aliphatic heterocycles. The Kier molecular flexibility index (Phi) is 3.98. The van der Waals surface area contributed by atoms with Gasteiger partial charge in [0, 0.05) is 21.9 Å². The predicted octanol–water partition coefficient (Wildman–Crippen LogP) is 4.24. The molecule has 16 heavy (non-hydrogen) atoms. The lowest BCUT2D eigenvalue weighted by Gasteiger charge is -2.29. The first kappa shape index (κ1) is 12.5. The molecule has 0 aromatic heterocycles. The lowest BCUT2D eigenvalue weighted by atomic mass is 9.79. The molecule has 0 radical (unpaired) electrons. The predicted molar refractivity (Wildman–Crippen MR) is 73.3 cm³/mol. The third kappa shape index (κ3) is 2.47. The van der Waals surface area contributed by atoms with E-state index in [1.165, 1.54) is 33.5 Å². The summed E-state index contributed by atoms with van der Waals surface area (Å²) in [6.07, 6.45) is 2.47. The molecule has 1 atom stereocenters. The van der Waals surface area contributed by atoms with Crippen LogP contribution in [-0.4, -0.2) is 19.5 Å². The molecule has 1 heterocycles. The molecule has 0 fully saturated rings. The maximum absolute atomic E-state index is 5.41. The molecule has 0 saturated carbocycles. The summed E-state index contributed by atoms with van der Waals surface area (Å²) in [6.45, 7) is 3.12. The standard InChI is InChI=1S/C13H17BrOS/c1-13(9-15-2)6-3-7-16-12-8-10(14)4-5-11(12)13/h4-5,8H,3,6-7,9H2,1-2H3. The van der Waals surface area contributed by atoms with Crippen LogP contribution in [0.5, 0.6) is 0 Å². The minimum atomic E-state index is 0.175. The molecule has 2 rings (SSSR count). The van der Waals surface area contributed by atoms with E-state index >= 15 is 0 Å². The van der Waals surface area contributed by atoms with Gasteiger partial charge in [-0.05, 0) is 36.3 Å². The molecule has 0 aliphatic carbocycles. The highest BCUT2D eigenvalue weighted by Crippen LogP contribution is 2.41. The lowest BCUT2D eigenvalue weighted by Crippen LogP contribution is -2.27. The SMILES string of the molecule is COCC1(C)CCCSc2cc(Br)ccc21. The molecule has 1 unspecified atom stereocenters. The van der Waals surface area contributed by atoms with Gasteiger partial charge in [-0.15, -0.1) is 11.8 Å². The van der Waals surface area contributed by atoms with E-state index in [4.69, 9.17) is 4.74 Å². The van der Waals surface area contributed by atoms with Gasteiger partial charge in [-0.1, -0.05) is 28.9 Å². The van der Waals surface area contributed by atoms with Gasteiger partial charge >= 0.3 is 0 Å². The summed E-state index contributed by atoms with van der Waals surface area (Å²) in [4.78, 5) is 1.41. The van der Waals surface area contributed by atoms with Crippen LogP contribution in [0.2, 0.25) is 0 Å². The third-order valence-electron chi connectivity index (χ3n) is 3.19. The molecule has 0 saturated heterocycles. The van der Waals surface area contributed by atoms with Crippen LogP contribution in [0.15, 0.2) is 27.6 Å². The number of thioether (sulfide) groups is 1. The number of rotatable bonds is 2. The number of fused-ring (bicyclic) bond motifs is 1. The first-order valence-corrected chi connectivity index (χ1v) is 7.35. The van der Waals surface area contributed by atoms with Crippen molar-refractivity contribution < 1.29 is 4.74 Å². The van der Waals surface area contributed by atoms with Gasteiger partial charge in [0.2, 0.25) is 0 Å². The average Bonchev–Trinajstić information content (AvgIpc) is 2.39. The summed E-state index contributed by atoms with van der Waals surface area (Å²) in [5.74, 6) is 1.21. The van der Waals surface area contributed by atoms with Gasteiger partial charge in [-0.25, -0.2) is 0 Å². The second-order valence-electron chi connectivity index (χ2n) is 4.59. The van der Waals surface area contributed by atoms with Crippen LogP contribution in [-0.2, 0) is 10.2 Å².